The number of esters is 2. The van der Waals surface area contributed by atoms with Crippen LogP contribution in [-0.4, -0.2) is 31.4 Å². The van der Waals surface area contributed by atoms with Crippen molar-refractivity contribution >= 4 is 40.7 Å². The molecule has 1 heterocycles. The molecular weight excluding hydrogens is 452 g/mol. The molecule has 3 rings (SSSR count). The Kier molecular flexibility index (Phi) is 8.47. The molecule has 170 valence electrons. The average Bonchev–Trinajstić information content (AvgIpc) is 3.37. The van der Waals surface area contributed by atoms with E-state index >= 15 is 0 Å². The van der Waals surface area contributed by atoms with Crippen molar-refractivity contribution in [3.63, 3.8) is 0 Å². The summed E-state index contributed by atoms with van der Waals surface area (Å²) in [5.41, 5.74) is 0.736. The molecule has 2 aromatic rings. The number of allylic oxidation sites excluding steroid dienone is 1. The Morgan fingerprint density at radius 2 is 2.00 bits per heavy atom. The number of carbonyl (C=O) groups is 3. The Morgan fingerprint density at radius 1 is 1.19 bits per heavy atom. The molecule has 1 aromatic carbocycles. The summed E-state index contributed by atoms with van der Waals surface area (Å²) in [5.74, 6) is -0.163. The van der Waals surface area contributed by atoms with E-state index in [9.17, 15) is 14.4 Å². The van der Waals surface area contributed by atoms with E-state index in [0.29, 0.717) is 22.3 Å². The predicted molar refractivity (Wildman–Crippen MR) is 122 cm³/mol. The van der Waals surface area contributed by atoms with Crippen LogP contribution >= 0.6 is 22.9 Å². The molecule has 0 bridgehead atoms. The summed E-state index contributed by atoms with van der Waals surface area (Å²) in [5, 5.41) is 0.488. The molecule has 0 amide bonds. The molecule has 0 spiro atoms. The molecule has 0 aliphatic heterocycles. The number of aryl methyl sites for hydroxylation is 1. The van der Waals surface area contributed by atoms with E-state index in [1.165, 1.54) is 25.4 Å². The molecule has 32 heavy (non-hydrogen) atoms. The van der Waals surface area contributed by atoms with Crippen molar-refractivity contribution in [3.05, 3.63) is 62.8 Å². The maximum Gasteiger partial charge on any atom is 0.348 e. The Bertz CT molecular complexity index is 1010. The lowest BCUT2D eigenvalue weighted by Gasteiger charge is -2.19. The Balaban J connectivity index is 1.52. The van der Waals surface area contributed by atoms with Crippen LogP contribution in [0, 0.1) is 11.8 Å². The minimum absolute atomic E-state index is 0.0210. The van der Waals surface area contributed by atoms with Gasteiger partial charge >= 0.3 is 11.9 Å². The first-order valence-electron chi connectivity index (χ1n) is 10.3. The van der Waals surface area contributed by atoms with Crippen LogP contribution in [0.5, 0.6) is 5.75 Å². The Labute approximate surface area is 196 Å². The van der Waals surface area contributed by atoms with Gasteiger partial charge < -0.3 is 14.2 Å². The van der Waals surface area contributed by atoms with E-state index < -0.39 is 0 Å². The zero-order chi connectivity index (χ0) is 23.1. The van der Waals surface area contributed by atoms with E-state index in [1.807, 2.05) is 12.1 Å². The van der Waals surface area contributed by atoms with Gasteiger partial charge in [-0.1, -0.05) is 17.7 Å². The molecule has 0 saturated heterocycles. The van der Waals surface area contributed by atoms with Gasteiger partial charge in [0.1, 0.15) is 17.2 Å². The number of carbonyl (C=O) groups excluding carboxylic acids is 3. The Morgan fingerprint density at radius 3 is 2.75 bits per heavy atom. The number of rotatable bonds is 10. The van der Waals surface area contributed by atoms with Gasteiger partial charge in [0.05, 0.1) is 13.7 Å². The van der Waals surface area contributed by atoms with E-state index in [0.717, 1.165) is 29.7 Å². The molecular formula is C24H25ClO6S. The number of hydrogen-bond donors (Lipinski definition) is 0. The van der Waals surface area contributed by atoms with Gasteiger partial charge in [-0.3, -0.25) is 9.59 Å². The number of hydrogen-bond acceptors (Lipinski definition) is 7. The first-order valence-corrected chi connectivity index (χ1v) is 11.5. The smallest absolute Gasteiger partial charge is 0.348 e. The zero-order valence-electron chi connectivity index (χ0n) is 18.0. The van der Waals surface area contributed by atoms with Crippen molar-refractivity contribution in [1.29, 1.82) is 0 Å². The normalized spacial score (nSPS) is 17.4. The van der Waals surface area contributed by atoms with Crippen molar-refractivity contribution in [2.75, 3.05) is 13.7 Å². The Hall–Kier alpha value is -2.64. The van der Waals surface area contributed by atoms with Crippen molar-refractivity contribution in [3.8, 4) is 5.75 Å². The molecule has 0 fully saturated rings. The summed E-state index contributed by atoms with van der Waals surface area (Å²) in [6.45, 7) is 1.82. The zero-order valence-corrected chi connectivity index (χ0v) is 19.5. The number of benzene rings is 1. The summed E-state index contributed by atoms with van der Waals surface area (Å²) in [6, 6.07) is 8.89. The first-order chi connectivity index (χ1) is 15.4. The van der Waals surface area contributed by atoms with Gasteiger partial charge in [0.15, 0.2) is 5.78 Å². The van der Waals surface area contributed by atoms with E-state index in [2.05, 4.69) is 0 Å². The number of thiophene rings is 1. The second-order valence-corrected chi connectivity index (χ2v) is 9.17. The first kappa shape index (κ1) is 24.0. The fourth-order valence-electron chi connectivity index (χ4n) is 3.60. The number of halogens is 1. The molecule has 1 aromatic heterocycles. The molecule has 8 heteroatoms. The van der Waals surface area contributed by atoms with Crippen LogP contribution in [0.15, 0.2) is 42.5 Å². The number of ketones is 1. The lowest BCUT2D eigenvalue weighted by Crippen LogP contribution is -2.21. The number of ether oxygens (including phenoxy) is 3. The van der Waals surface area contributed by atoms with Crippen molar-refractivity contribution in [1.82, 2.24) is 0 Å². The maximum atomic E-state index is 12.4. The lowest BCUT2D eigenvalue weighted by molar-refractivity contribution is -0.142. The molecule has 1 aliphatic rings. The highest BCUT2D eigenvalue weighted by molar-refractivity contribution is 7.13. The maximum absolute atomic E-state index is 12.4. The third-order valence-electron chi connectivity index (χ3n) is 5.19. The minimum Gasteiger partial charge on any atom is -0.493 e. The van der Waals surface area contributed by atoms with E-state index in [4.69, 9.17) is 25.8 Å². The SMILES string of the molecule is COC(=O)c1ccc(CCC[C@H]2C(=O)C=C[C@@H]2COc2cc(Cl)cc(COC(C)=O)c2)s1. The van der Waals surface area contributed by atoms with Crippen LogP contribution in [-0.2, 0) is 32.1 Å². The van der Waals surface area contributed by atoms with Crippen molar-refractivity contribution in [2.45, 2.75) is 32.8 Å². The molecule has 1 aliphatic carbocycles. The summed E-state index contributed by atoms with van der Waals surface area (Å²) in [6.07, 6.45) is 5.89. The van der Waals surface area contributed by atoms with Crippen molar-refractivity contribution < 1.29 is 28.6 Å². The highest BCUT2D eigenvalue weighted by Gasteiger charge is 2.30. The van der Waals surface area contributed by atoms with Gasteiger partial charge in [-0.2, -0.15) is 0 Å². The quantitative estimate of drug-likeness (QED) is 0.448. The lowest BCUT2D eigenvalue weighted by atomic mass is 9.90. The van der Waals surface area contributed by atoms with Gasteiger partial charge in [0.25, 0.3) is 0 Å². The van der Waals surface area contributed by atoms with Gasteiger partial charge in [-0.25, -0.2) is 4.79 Å². The largest absolute Gasteiger partial charge is 0.493 e. The van der Waals surface area contributed by atoms with E-state index in [-0.39, 0.29) is 36.2 Å². The molecule has 2 atom stereocenters. The molecule has 0 saturated carbocycles. The number of methoxy groups -OCH3 is 1. The van der Waals surface area contributed by atoms with Gasteiger partial charge in [0.2, 0.25) is 0 Å². The second-order valence-electron chi connectivity index (χ2n) is 7.57. The minimum atomic E-state index is -0.367. The predicted octanol–water partition coefficient (Wildman–Crippen LogP) is 5.02. The third kappa shape index (κ3) is 6.68. The van der Waals surface area contributed by atoms with Crippen LogP contribution < -0.4 is 4.74 Å². The highest BCUT2D eigenvalue weighted by Crippen LogP contribution is 2.30. The van der Waals surface area contributed by atoms with Gasteiger partial charge in [-0.05, 0) is 61.2 Å². The molecule has 0 unspecified atom stereocenters. The topological polar surface area (TPSA) is 78.9 Å². The van der Waals surface area contributed by atoms with Crippen LogP contribution in [0.3, 0.4) is 0 Å². The van der Waals surface area contributed by atoms with Crippen LogP contribution in [0.2, 0.25) is 5.02 Å². The fraction of sp³-hybridized carbons (Fsp3) is 0.375. The van der Waals surface area contributed by atoms with Gasteiger partial charge in [-0.15, -0.1) is 11.3 Å². The molecule has 6 nitrogen and oxygen atoms in total. The van der Waals surface area contributed by atoms with E-state index in [1.54, 1.807) is 30.3 Å². The fourth-order valence-corrected chi connectivity index (χ4v) is 4.81. The molecule has 0 radical (unpaired) electrons. The van der Waals surface area contributed by atoms with Gasteiger partial charge in [0, 0.05) is 28.7 Å². The summed E-state index contributed by atoms with van der Waals surface area (Å²) in [4.78, 5) is 36.6. The molecule has 0 N–H and O–H groups in total. The average molecular weight is 477 g/mol. The van der Waals surface area contributed by atoms with Crippen LogP contribution in [0.1, 0.15) is 39.9 Å². The summed E-state index contributed by atoms with van der Waals surface area (Å²) >= 11 is 7.58. The summed E-state index contributed by atoms with van der Waals surface area (Å²) in [7, 11) is 1.37. The van der Waals surface area contributed by atoms with Crippen LogP contribution in [0.25, 0.3) is 0 Å². The van der Waals surface area contributed by atoms with Crippen molar-refractivity contribution in [2.24, 2.45) is 11.8 Å². The highest BCUT2D eigenvalue weighted by atomic mass is 35.5. The monoisotopic (exact) mass is 476 g/mol. The van der Waals surface area contributed by atoms with Crippen LogP contribution in [0.4, 0.5) is 0 Å². The summed E-state index contributed by atoms with van der Waals surface area (Å²) < 4.78 is 15.7. The third-order valence-corrected chi connectivity index (χ3v) is 6.54. The standard InChI is InChI=1S/C24H25ClO6S/c1-15(26)30-13-16-10-18(25)12-19(11-16)31-14-17-6-8-22(27)21(17)5-3-4-20-7-9-23(32-20)24(28)29-2/h6-12,17,21H,3-5,13-14H2,1-2H3/t17-,21-/m1/s1. The second kappa shape index (κ2) is 11.3.